The summed E-state index contributed by atoms with van der Waals surface area (Å²) in [6.45, 7) is 5.65. The molecule has 1 unspecified atom stereocenters. The van der Waals surface area contributed by atoms with Crippen LogP contribution in [0.4, 0.5) is 10.2 Å². The molecule has 96 valence electrons. The van der Waals surface area contributed by atoms with Gasteiger partial charge in [-0.25, -0.2) is 9.37 Å². The molecule has 1 atom stereocenters. The van der Waals surface area contributed by atoms with E-state index in [1.807, 2.05) is 19.0 Å². The molecule has 0 amide bonds. The highest BCUT2D eigenvalue weighted by atomic mass is 19.1. The Labute approximate surface area is 103 Å². The molecule has 0 fully saturated rings. The summed E-state index contributed by atoms with van der Waals surface area (Å²) in [5.41, 5.74) is 0.661. The molecule has 4 heteroatoms. The third-order valence-corrected chi connectivity index (χ3v) is 2.96. The lowest BCUT2D eigenvalue weighted by Gasteiger charge is -2.22. The maximum absolute atomic E-state index is 14.1. The zero-order chi connectivity index (χ0) is 12.8. The van der Waals surface area contributed by atoms with Crippen LogP contribution in [-0.4, -0.2) is 25.6 Å². The Morgan fingerprint density at radius 2 is 2.24 bits per heavy atom. The average Bonchev–Trinajstić information content (AvgIpc) is 2.31. The molecule has 0 saturated heterocycles. The maximum Gasteiger partial charge on any atom is 0.170 e. The number of halogens is 1. The van der Waals surface area contributed by atoms with E-state index in [2.05, 4.69) is 24.1 Å². The number of anilines is 1. The van der Waals surface area contributed by atoms with Gasteiger partial charge in [-0.15, -0.1) is 0 Å². The second-order valence-electron chi connectivity index (χ2n) is 4.53. The minimum absolute atomic E-state index is 0.215. The normalized spacial score (nSPS) is 12.5. The Morgan fingerprint density at radius 3 is 2.82 bits per heavy atom. The fourth-order valence-corrected chi connectivity index (χ4v) is 1.75. The van der Waals surface area contributed by atoms with Gasteiger partial charge >= 0.3 is 0 Å². The Kier molecular flexibility index (Phi) is 5.35. The molecular weight excluding hydrogens is 217 g/mol. The standard InChI is InChI=1S/C13H22FN3/c1-5-10(2)9-17(4)13-12(14)11(8-15-3)6-7-16-13/h6-7,10,15H,5,8-9H2,1-4H3. The third-order valence-electron chi connectivity index (χ3n) is 2.96. The van der Waals surface area contributed by atoms with Gasteiger partial charge in [0, 0.05) is 31.9 Å². The maximum atomic E-state index is 14.1. The van der Waals surface area contributed by atoms with E-state index in [0.29, 0.717) is 23.8 Å². The van der Waals surface area contributed by atoms with Crippen molar-refractivity contribution in [2.75, 3.05) is 25.5 Å². The molecule has 0 saturated carbocycles. The van der Waals surface area contributed by atoms with E-state index in [1.54, 1.807) is 12.3 Å². The van der Waals surface area contributed by atoms with Crippen molar-refractivity contribution in [2.45, 2.75) is 26.8 Å². The Bertz CT molecular complexity index is 355. The van der Waals surface area contributed by atoms with Crippen LogP contribution in [0.1, 0.15) is 25.8 Å². The molecule has 0 aliphatic rings. The molecular formula is C13H22FN3. The highest BCUT2D eigenvalue weighted by Gasteiger charge is 2.14. The molecule has 0 aliphatic heterocycles. The Hall–Kier alpha value is -1.16. The first-order valence-corrected chi connectivity index (χ1v) is 6.09. The van der Waals surface area contributed by atoms with Crippen LogP contribution < -0.4 is 10.2 Å². The molecule has 0 bridgehead atoms. The van der Waals surface area contributed by atoms with Gasteiger partial charge in [0.15, 0.2) is 11.6 Å². The van der Waals surface area contributed by atoms with Crippen LogP contribution in [-0.2, 0) is 6.54 Å². The first-order chi connectivity index (χ1) is 8.10. The summed E-state index contributed by atoms with van der Waals surface area (Å²) in [7, 11) is 3.70. The van der Waals surface area contributed by atoms with Crippen molar-refractivity contribution in [1.29, 1.82) is 0 Å². The van der Waals surface area contributed by atoms with E-state index < -0.39 is 0 Å². The Balaban J connectivity index is 2.86. The van der Waals surface area contributed by atoms with Gasteiger partial charge in [0.05, 0.1) is 0 Å². The van der Waals surface area contributed by atoms with Crippen molar-refractivity contribution in [3.05, 3.63) is 23.6 Å². The van der Waals surface area contributed by atoms with E-state index in [-0.39, 0.29) is 5.82 Å². The van der Waals surface area contributed by atoms with Gasteiger partial charge in [-0.1, -0.05) is 20.3 Å². The molecule has 1 N–H and O–H groups in total. The lowest BCUT2D eigenvalue weighted by Crippen LogP contribution is -2.26. The predicted octanol–water partition coefficient (Wildman–Crippen LogP) is 2.42. The lowest BCUT2D eigenvalue weighted by atomic mass is 10.1. The summed E-state index contributed by atoms with van der Waals surface area (Å²) in [5, 5.41) is 2.96. The van der Waals surface area contributed by atoms with E-state index in [9.17, 15) is 4.39 Å². The van der Waals surface area contributed by atoms with Crippen LogP contribution >= 0.6 is 0 Å². The first kappa shape index (κ1) is 13.9. The summed E-state index contributed by atoms with van der Waals surface area (Å²) in [6, 6.07) is 1.71. The zero-order valence-electron chi connectivity index (χ0n) is 11.1. The van der Waals surface area contributed by atoms with E-state index in [0.717, 1.165) is 13.0 Å². The molecule has 1 rings (SSSR count). The van der Waals surface area contributed by atoms with E-state index >= 15 is 0 Å². The number of hydrogen-bond donors (Lipinski definition) is 1. The average molecular weight is 239 g/mol. The monoisotopic (exact) mass is 239 g/mol. The minimum atomic E-state index is -0.215. The molecule has 1 aromatic heterocycles. The van der Waals surface area contributed by atoms with Gasteiger partial charge in [0.25, 0.3) is 0 Å². The number of rotatable bonds is 6. The van der Waals surface area contributed by atoms with Gasteiger partial charge in [-0.05, 0) is 19.0 Å². The van der Waals surface area contributed by atoms with Gasteiger partial charge < -0.3 is 10.2 Å². The van der Waals surface area contributed by atoms with Gasteiger partial charge in [0.1, 0.15) is 0 Å². The van der Waals surface area contributed by atoms with Crippen molar-refractivity contribution in [1.82, 2.24) is 10.3 Å². The summed E-state index contributed by atoms with van der Waals surface area (Å²) < 4.78 is 14.1. The zero-order valence-corrected chi connectivity index (χ0v) is 11.1. The second-order valence-corrected chi connectivity index (χ2v) is 4.53. The summed E-state index contributed by atoms with van der Waals surface area (Å²) in [4.78, 5) is 6.02. The van der Waals surface area contributed by atoms with E-state index in [4.69, 9.17) is 0 Å². The third kappa shape index (κ3) is 3.66. The molecule has 17 heavy (non-hydrogen) atoms. The summed E-state index contributed by atoms with van der Waals surface area (Å²) >= 11 is 0. The molecule has 1 heterocycles. The van der Waals surface area contributed by atoms with Crippen molar-refractivity contribution in [2.24, 2.45) is 5.92 Å². The van der Waals surface area contributed by atoms with Crippen LogP contribution in [0.25, 0.3) is 0 Å². The molecule has 0 aromatic carbocycles. The number of pyridine rings is 1. The fourth-order valence-electron chi connectivity index (χ4n) is 1.75. The van der Waals surface area contributed by atoms with Crippen molar-refractivity contribution in [3.63, 3.8) is 0 Å². The smallest absolute Gasteiger partial charge is 0.170 e. The minimum Gasteiger partial charge on any atom is -0.357 e. The highest BCUT2D eigenvalue weighted by Crippen LogP contribution is 2.19. The fraction of sp³-hybridized carbons (Fsp3) is 0.615. The molecule has 1 aromatic rings. The quantitative estimate of drug-likeness (QED) is 0.826. The summed E-state index contributed by atoms with van der Waals surface area (Å²) in [5.74, 6) is 0.764. The number of nitrogens with one attached hydrogen (secondary N) is 1. The first-order valence-electron chi connectivity index (χ1n) is 6.09. The van der Waals surface area contributed by atoms with Crippen LogP contribution in [0, 0.1) is 11.7 Å². The lowest BCUT2D eigenvalue weighted by molar-refractivity contribution is 0.541. The highest BCUT2D eigenvalue weighted by molar-refractivity contribution is 5.42. The van der Waals surface area contributed by atoms with Crippen LogP contribution in [0.15, 0.2) is 12.3 Å². The van der Waals surface area contributed by atoms with Crippen molar-refractivity contribution in [3.8, 4) is 0 Å². The van der Waals surface area contributed by atoms with Gasteiger partial charge in [-0.2, -0.15) is 0 Å². The largest absolute Gasteiger partial charge is 0.357 e. The molecule has 0 spiro atoms. The van der Waals surface area contributed by atoms with Crippen LogP contribution in [0.5, 0.6) is 0 Å². The number of nitrogens with zero attached hydrogens (tertiary/aromatic N) is 2. The number of hydrogen-bond acceptors (Lipinski definition) is 3. The van der Waals surface area contributed by atoms with E-state index in [1.165, 1.54) is 0 Å². The van der Waals surface area contributed by atoms with Gasteiger partial charge in [0.2, 0.25) is 0 Å². The summed E-state index contributed by atoms with van der Waals surface area (Å²) in [6.07, 6.45) is 2.75. The topological polar surface area (TPSA) is 28.2 Å². The Morgan fingerprint density at radius 1 is 1.53 bits per heavy atom. The predicted molar refractivity (Wildman–Crippen MR) is 69.7 cm³/mol. The molecule has 3 nitrogen and oxygen atoms in total. The molecule has 0 radical (unpaired) electrons. The van der Waals surface area contributed by atoms with Crippen molar-refractivity contribution < 1.29 is 4.39 Å². The van der Waals surface area contributed by atoms with Crippen LogP contribution in [0.3, 0.4) is 0 Å². The van der Waals surface area contributed by atoms with Crippen LogP contribution in [0.2, 0.25) is 0 Å². The number of aromatic nitrogens is 1. The van der Waals surface area contributed by atoms with Gasteiger partial charge in [-0.3, -0.25) is 0 Å². The second kappa shape index (κ2) is 6.55. The SMILES string of the molecule is CCC(C)CN(C)c1nccc(CNC)c1F. The van der Waals surface area contributed by atoms with Crippen molar-refractivity contribution >= 4 is 5.82 Å². The molecule has 0 aliphatic carbocycles.